The normalized spacial score (nSPS) is 17.4. The molecule has 96 valence electrons. The Kier molecular flexibility index (Phi) is 3.34. The van der Waals surface area contributed by atoms with E-state index < -0.39 is 11.5 Å². The summed E-state index contributed by atoms with van der Waals surface area (Å²) in [6.45, 7) is 0. The third-order valence-electron chi connectivity index (χ3n) is 3.32. The summed E-state index contributed by atoms with van der Waals surface area (Å²) in [4.78, 5) is 22.9. The van der Waals surface area contributed by atoms with Gasteiger partial charge in [-0.05, 0) is 31.0 Å². The molecular formula is C13H16N2O3. The lowest BCUT2D eigenvalue weighted by Crippen LogP contribution is -2.48. The first-order valence-corrected chi connectivity index (χ1v) is 5.95. The molecule has 1 aromatic rings. The lowest BCUT2D eigenvalue weighted by Gasteiger charge is -2.22. The molecule has 0 unspecified atom stereocenters. The van der Waals surface area contributed by atoms with Gasteiger partial charge in [-0.2, -0.15) is 0 Å². The van der Waals surface area contributed by atoms with E-state index in [1.54, 1.807) is 12.1 Å². The van der Waals surface area contributed by atoms with Crippen LogP contribution in [-0.4, -0.2) is 22.5 Å². The molecule has 0 bridgehead atoms. The Bertz CT molecular complexity index is 479. The number of amides is 1. The molecule has 0 heterocycles. The molecule has 18 heavy (non-hydrogen) atoms. The van der Waals surface area contributed by atoms with Gasteiger partial charge in [0.05, 0.1) is 11.1 Å². The van der Waals surface area contributed by atoms with Crippen LogP contribution in [0.5, 0.6) is 0 Å². The number of rotatable bonds is 3. The molecule has 0 aromatic heterocycles. The molecule has 1 amide bonds. The summed E-state index contributed by atoms with van der Waals surface area (Å²) in [5, 5.41) is 11.6. The van der Waals surface area contributed by atoms with Gasteiger partial charge in [0.25, 0.3) is 0 Å². The van der Waals surface area contributed by atoms with Gasteiger partial charge in [-0.15, -0.1) is 0 Å². The first kappa shape index (κ1) is 12.6. The van der Waals surface area contributed by atoms with Crippen molar-refractivity contribution in [2.45, 2.75) is 31.2 Å². The van der Waals surface area contributed by atoms with Crippen LogP contribution in [0.4, 0.5) is 5.69 Å². The average Bonchev–Trinajstić information content (AvgIpc) is 2.78. The number of nitrogens with one attached hydrogen (secondary N) is 1. The fourth-order valence-corrected chi connectivity index (χ4v) is 2.22. The van der Waals surface area contributed by atoms with Crippen molar-refractivity contribution in [3.63, 3.8) is 0 Å². The molecule has 0 radical (unpaired) electrons. The highest BCUT2D eigenvalue weighted by Gasteiger charge is 2.36. The number of benzene rings is 1. The number of carboxylic acids is 1. The first-order chi connectivity index (χ1) is 8.51. The molecule has 0 spiro atoms. The molecule has 0 atom stereocenters. The van der Waals surface area contributed by atoms with Gasteiger partial charge in [0, 0.05) is 5.69 Å². The van der Waals surface area contributed by atoms with Crippen LogP contribution < -0.4 is 11.1 Å². The number of carbonyl (C=O) groups is 2. The summed E-state index contributed by atoms with van der Waals surface area (Å²) in [6, 6.07) is 6.16. The molecule has 5 heteroatoms. The van der Waals surface area contributed by atoms with Crippen molar-refractivity contribution in [1.29, 1.82) is 0 Å². The Morgan fingerprint density at radius 2 is 1.94 bits per heavy atom. The van der Waals surface area contributed by atoms with Gasteiger partial charge >= 0.3 is 5.97 Å². The summed E-state index contributed by atoms with van der Waals surface area (Å²) in [7, 11) is 0. The maximum Gasteiger partial charge on any atom is 0.335 e. The zero-order valence-electron chi connectivity index (χ0n) is 9.98. The molecule has 1 aliphatic carbocycles. The van der Waals surface area contributed by atoms with Gasteiger partial charge in [-0.25, -0.2) is 4.79 Å². The van der Waals surface area contributed by atoms with Crippen LogP contribution >= 0.6 is 0 Å². The van der Waals surface area contributed by atoms with Crippen LogP contribution in [0.3, 0.4) is 0 Å². The predicted molar refractivity (Wildman–Crippen MR) is 67.4 cm³/mol. The van der Waals surface area contributed by atoms with Gasteiger partial charge in [-0.1, -0.05) is 18.9 Å². The second-order valence-electron chi connectivity index (χ2n) is 4.70. The van der Waals surface area contributed by atoms with Gasteiger partial charge in [0.15, 0.2) is 0 Å². The number of anilines is 1. The van der Waals surface area contributed by atoms with Gasteiger partial charge in [-0.3, -0.25) is 4.79 Å². The standard InChI is InChI=1S/C13H16N2O3/c14-13(6-1-2-7-13)12(18)15-10-5-3-4-9(8-10)11(16)17/h3-5,8H,1-2,6-7,14H2,(H,15,18)(H,16,17). The molecule has 2 rings (SSSR count). The number of carbonyl (C=O) groups excluding carboxylic acids is 1. The van der Waals surface area contributed by atoms with E-state index in [-0.39, 0.29) is 11.5 Å². The SMILES string of the molecule is NC1(C(=O)Nc2cccc(C(=O)O)c2)CCCC1. The monoisotopic (exact) mass is 248 g/mol. The highest BCUT2D eigenvalue weighted by atomic mass is 16.4. The quantitative estimate of drug-likeness (QED) is 0.757. The second-order valence-corrected chi connectivity index (χ2v) is 4.70. The van der Waals surface area contributed by atoms with Crippen LogP contribution in [0.25, 0.3) is 0 Å². The fourth-order valence-electron chi connectivity index (χ4n) is 2.22. The smallest absolute Gasteiger partial charge is 0.335 e. The van der Waals surface area contributed by atoms with Crippen molar-refractivity contribution in [3.8, 4) is 0 Å². The van der Waals surface area contributed by atoms with Crippen LogP contribution in [0.1, 0.15) is 36.0 Å². The number of hydrogen-bond donors (Lipinski definition) is 3. The Hall–Kier alpha value is -1.88. The minimum atomic E-state index is -1.02. The highest BCUT2D eigenvalue weighted by Crippen LogP contribution is 2.28. The summed E-state index contributed by atoms with van der Waals surface area (Å²) < 4.78 is 0. The predicted octanol–water partition coefficient (Wildman–Crippen LogP) is 1.59. The van der Waals surface area contributed by atoms with Crippen LogP contribution in [0, 0.1) is 0 Å². The fraction of sp³-hybridized carbons (Fsp3) is 0.385. The molecule has 1 fully saturated rings. The third-order valence-corrected chi connectivity index (χ3v) is 3.32. The molecule has 1 aliphatic rings. The molecule has 4 N–H and O–H groups in total. The van der Waals surface area contributed by atoms with Crippen molar-refractivity contribution in [3.05, 3.63) is 29.8 Å². The van der Waals surface area contributed by atoms with Crippen molar-refractivity contribution < 1.29 is 14.7 Å². The number of aromatic carboxylic acids is 1. The number of nitrogens with two attached hydrogens (primary N) is 1. The Morgan fingerprint density at radius 1 is 1.28 bits per heavy atom. The van der Waals surface area contributed by atoms with Crippen molar-refractivity contribution >= 4 is 17.6 Å². The van der Waals surface area contributed by atoms with E-state index >= 15 is 0 Å². The zero-order chi connectivity index (χ0) is 13.2. The second kappa shape index (κ2) is 4.78. The van der Waals surface area contributed by atoms with Gasteiger partial charge in [0.2, 0.25) is 5.91 Å². The van der Waals surface area contributed by atoms with Gasteiger partial charge in [0.1, 0.15) is 0 Å². The summed E-state index contributed by atoms with van der Waals surface area (Å²) in [6.07, 6.45) is 3.27. The van der Waals surface area contributed by atoms with Crippen LogP contribution in [0.2, 0.25) is 0 Å². The Morgan fingerprint density at radius 3 is 2.56 bits per heavy atom. The topological polar surface area (TPSA) is 92.4 Å². The van der Waals surface area contributed by atoms with E-state index in [1.165, 1.54) is 12.1 Å². The molecule has 5 nitrogen and oxygen atoms in total. The van der Waals surface area contributed by atoms with Crippen molar-refractivity contribution in [1.82, 2.24) is 0 Å². The first-order valence-electron chi connectivity index (χ1n) is 5.95. The van der Waals surface area contributed by atoms with E-state index in [9.17, 15) is 9.59 Å². The van der Waals surface area contributed by atoms with Crippen molar-refractivity contribution in [2.24, 2.45) is 5.73 Å². The summed E-state index contributed by atoms with van der Waals surface area (Å²) in [5.74, 6) is -1.25. The molecule has 0 aliphatic heterocycles. The summed E-state index contributed by atoms with van der Waals surface area (Å²) in [5.41, 5.74) is 5.83. The average molecular weight is 248 g/mol. The zero-order valence-corrected chi connectivity index (χ0v) is 9.98. The minimum Gasteiger partial charge on any atom is -0.478 e. The maximum atomic E-state index is 12.0. The van der Waals surface area contributed by atoms with E-state index in [2.05, 4.69) is 5.32 Å². The van der Waals surface area contributed by atoms with Crippen molar-refractivity contribution in [2.75, 3.05) is 5.32 Å². The number of carboxylic acid groups (broad SMARTS) is 1. The van der Waals surface area contributed by atoms with E-state index in [0.29, 0.717) is 18.5 Å². The molecule has 1 aromatic carbocycles. The lowest BCUT2D eigenvalue weighted by molar-refractivity contribution is -0.121. The van der Waals surface area contributed by atoms with E-state index in [1.807, 2.05) is 0 Å². The highest BCUT2D eigenvalue weighted by molar-refractivity contribution is 5.99. The van der Waals surface area contributed by atoms with E-state index in [4.69, 9.17) is 10.8 Å². The maximum absolute atomic E-state index is 12.0. The molecular weight excluding hydrogens is 232 g/mol. The Labute approximate surface area is 105 Å². The third kappa shape index (κ3) is 2.51. The Balaban J connectivity index is 2.11. The van der Waals surface area contributed by atoms with Crippen LogP contribution in [0.15, 0.2) is 24.3 Å². The minimum absolute atomic E-state index is 0.144. The van der Waals surface area contributed by atoms with Gasteiger partial charge < -0.3 is 16.2 Å². The summed E-state index contributed by atoms with van der Waals surface area (Å²) >= 11 is 0. The largest absolute Gasteiger partial charge is 0.478 e. The lowest BCUT2D eigenvalue weighted by atomic mass is 9.98. The molecule has 1 saturated carbocycles. The number of hydrogen-bond acceptors (Lipinski definition) is 3. The van der Waals surface area contributed by atoms with E-state index in [0.717, 1.165) is 12.8 Å². The molecule has 0 saturated heterocycles. The van der Waals surface area contributed by atoms with Crippen LogP contribution in [-0.2, 0) is 4.79 Å².